The topological polar surface area (TPSA) is 42.3 Å². The second-order valence-corrected chi connectivity index (χ2v) is 8.40. The summed E-state index contributed by atoms with van der Waals surface area (Å²) in [6.07, 6.45) is 3.95. The Morgan fingerprint density at radius 2 is 1.76 bits per heavy atom. The van der Waals surface area contributed by atoms with Gasteiger partial charge < -0.3 is 19.5 Å². The summed E-state index contributed by atoms with van der Waals surface area (Å²) in [7, 11) is 0. The Kier molecular flexibility index (Phi) is 5.84. The van der Waals surface area contributed by atoms with E-state index in [-0.39, 0.29) is 12.1 Å². The molecule has 166 valence electrons. The van der Waals surface area contributed by atoms with Crippen LogP contribution in [0.5, 0.6) is 5.75 Å². The van der Waals surface area contributed by atoms with Gasteiger partial charge in [0, 0.05) is 29.5 Å². The average molecular weight is 455 g/mol. The van der Waals surface area contributed by atoms with Crippen molar-refractivity contribution < 1.29 is 4.74 Å². The van der Waals surface area contributed by atoms with Gasteiger partial charge >= 0.3 is 0 Å². The number of rotatable bonds is 6. The molecule has 1 fully saturated rings. The minimum atomic E-state index is -0.0945. The summed E-state index contributed by atoms with van der Waals surface area (Å²) in [5, 5.41) is 4.22. The molecule has 5 rings (SSSR count). The molecule has 0 saturated carbocycles. The second-order valence-electron chi connectivity index (χ2n) is 8.01. The number of benzene rings is 2. The smallest absolute Gasteiger partial charge is 0.174 e. The van der Waals surface area contributed by atoms with E-state index in [0.29, 0.717) is 11.7 Å². The fourth-order valence-electron chi connectivity index (χ4n) is 4.49. The third-order valence-electron chi connectivity index (χ3n) is 5.98. The van der Waals surface area contributed by atoms with Crippen LogP contribution in [0.15, 0.2) is 91.3 Å². The van der Waals surface area contributed by atoms with Crippen LogP contribution in [0.2, 0.25) is 0 Å². The molecular formula is C27H26N4OS. The van der Waals surface area contributed by atoms with Gasteiger partial charge in [-0.15, -0.1) is 0 Å². The number of aromatic nitrogens is 2. The number of hydrogen-bond donors (Lipinski definition) is 1. The highest BCUT2D eigenvalue weighted by molar-refractivity contribution is 7.80. The largest absolute Gasteiger partial charge is 0.494 e. The van der Waals surface area contributed by atoms with Crippen LogP contribution >= 0.6 is 12.2 Å². The Labute approximate surface area is 199 Å². The Morgan fingerprint density at radius 1 is 0.970 bits per heavy atom. The van der Waals surface area contributed by atoms with Crippen molar-refractivity contribution >= 4 is 23.0 Å². The predicted molar refractivity (Wildman–Crippen MR) is 136 cm³/mol. The zero-order valence-corrected chi connectivity index (χ0v) is 19.5. The molecule has 0 unspecified atom stereocenters. The molecule has 1 saturated heterocycles. The number of nitrogens with one attached hydrogen (secondary N) is 1. The van der Waals surface area contributed by atoms with Crippen LogP contribution in [0.3, 0.4) is 0 Å². The minimum absolute atomic E-state index is 0.0834. The maximum Gasteiger partial charge on any atom is 0.174 e. The van der Waals surface area contributed by atoms with Gasteiger partial charge in [-0.25, -0.2) is 0 Å². The Morgan fingerprint density at radius 3 is 2.48 bits per heavy atom. The summed E-state index contributed by atoms with van der Waals surface area (Å²) >= 11 is 5.87. The molecule has 5 nitrogen and oxygen atoms in total. The first-order chi connectivity index (χ1) is 16.2. The highest BCUT2D eigenvalue weighted by Gasteiger charge is 2.42. The zero-order valence-electron chi connectivity index (χ0n) is 18.7. The lowest BCUT2D eigenvalue weighted by Gasteiger charge is -2.29. The minimum Gasteiger partial charge on any atom is -0.494 e. The van der Waals surface area contributed by atoms with Gasteiger partial charge in [-0.1, -0.05) is 24.3 Å². The predicted octanol–water partition coefficient (Wildman–Crippen LogP) is 5.76. The van der Waals surface area contributed by atoms with Gasteiger partial charge in [-0.3, -0.25) is 4.98 Å². The maximum absolute atomic E-state index is 5.87. The van der Waals surface area contributed by atoms with Crippen LogP contribution in [-0.4, -0.2) is 21.3 Å². The van der Waals surface area contributed by atoms with E-state index in [2.05, 4.69) is 87.5 Å². The fraction of sp³-hybridized carbons (Fsp3) is 0.185. The molecule has 0 radical (unpaired) electrons. The van der Waals surface area contributed by atoms with Gasteiger partial charge in [0.05, 0.1) is 18.3 Å². The molecule has 1 aliphatic rings. The van der Waals surface area contributed by atoms with E-state index in [0.717, 1.165) is 28.5 Å². The van der Waals surface area contributed by atoms with Gasteiger partial charge in [-0.05, 0) is 86.2 Å². The van der Waals surface area contributed by atoms with Gasteiger partial charge in [0.25, 0.3) is 0 Å². The monoisotopic (exact) mass is 454 g/mol. The molecule has 2 aromatic heterocycles. The van der Waals surface area contributed by atoms with E-state index < -0.39 is 0 Å². The molecule has 33 heavy (non-hydrogen) atoms. The average Bonchev–Trinajstić information content (AvgIpc) is 3.45. The Bertz CT molecular complexity index is 1250. The number of anilines is 1. The van der Waals surface area contributed by atoms with Crippen molar-refractivity contribution in [1.29, 1.82) is 0 Å². The maximum atomic E-state index is 5.87. The molecule has 0 bridgehead atoms. The first kappa shape index (κ1) is 21.2. The van der Waals surface area contributed by atoms with Crippen molar-refractivity contribution in [3.63, 3.8) is 0 Å². The molecule has 6 heteroatoms. The third kappa shape index (κ3) is 3.98. The number of ether oxygens (including phenoxy) is 1. The molecule has 0 amide bonds. The summed E-state index contributed by atoms with van der Waals surface area (Å²) in [6.45, 7) is 4.76. The van der Waals surface area contributed by atoms with E-state index in [1.54, 1.807) is 0 Å². The number of aryl methyl sites for hydroxylation is 1. The Balaban J connectivity index is 1.64. The van der Waals surface area contributed by atoms with Crippen LogP contribution in [0.25, 0.3) is 5.69 Å². The lowest BCUT2D eigenvalue weighted by Crippen LogP contribution is -2.30. The van der Waals surface area contributed by atoms with E-state index in [1.807, 2.05) is 37.4 Å². The number of pyridine rings is 1. The van der Waals surface area contributed by atoms with Crippen LogP contribution in [0.1, 0.15) is 36.0 Å². The lowest BCUT2D eigenvalue weighted by molar-refractivity contribution is 0.340. The number of thiocarbonyl (C=S) groups is 1. The number of hydrogen-bond acceptors (Lipinski definition) is 3. The van der Waals surface area contributed by atoms with Crippen molar-refractivity contribution in [2.24, 2.45) is 0 Å². The van der Waals surface area contributed by atoms with Gasteiger partial charge in [0.15, 0.2) is 5.11 Å². The quantitative estimate of drug-likeness (QED) is 0.376. The lowest BCUT2D eigenvalue weighted by atomic mass is 10.0. The fourth-order valence-corrected chi connectivity index (χ4v) is 4.84. The summed E-state index contributed by atoms with van der Waals surface area (Å²) < 4.78 is 7.91. The first-order valence-corrected chi connectivity index (χ1v) is 11.5. The molecule has 3 heterocycles. The second kappa shape index (κ2) is 9.08. The normalized spacial score (nSPS) is 17.8. The van der Waals surface area contributed by atoms with Gasteiger partial charge in [0.2, 0.25) is 0 Å². The SMILES string of the molecule is CCOc1ccc(N2C(=S)N[C@@H](c3ccccn3)[C@@H]2c2cccn2-c2ccccc2C)cc1. The van der Waals surface area contributed by atoms with Crippen molar-refractivity contribution in [1.82, 2.24) is 14.9 Å². The van der Waals surface area contributed by atoms with E-state index in [9.17, 15) is 0 Å². The Hall–Kier alpha value is -3.64. The molecule has 1 N–H and O–H groups in total. The molecule has 0 spiro atoms. The van der Waals surface area contributed by atoms with Crippen molar-refractivity contribution in [2.45, 2.75) is 25.9 Å². The highest BCUT2D eigenvalue weighted by Crippen LogP contribution is 2.42. The molecule has 2 atom stereocenters. The molecule has 0 aliphatic carbocycles. The highest BCUT2D eigenvalue weighted by atomic mass is 32.1. The van der Waals surface area contributed by atoms with Gasteiger partial charge in [0.1, 0.15) is 11.8 Å². The third-order valence-corrected chi connectivity index (χ3v) is 6.30. The van der Waals surface area contributed by atoms with Gasteiger partial charge in [-0.2, -0.15) is 0 Å². The van der Waals surface area contributed by atoms with Crippen LogP contribution in [0.4, 0.5) is 5.69 Å². The summed E-state index contributed by atoms with van der Waals surface area (Å²) in [6, 6.07) is 26.6. The van der Waals surface area contributed by atoms with Crippen molar-refractivity contribution in [2.75, 3.05) is 11.5 Å². The van der Waals surface area contributed by atoms with E-state index in [1.165, 1.54) is 5.56 Å². The molecule has 1 aliphatic heterocycles. The van der Waals surface area contributed by atoms with E-state index >= 15 is 0 Å². The van der Waals surface area contributed by atoms with Crippen LogP contribution in [0, 0.1) is 6.92 Å². The van der Waals surface area contributed by atoms with Crippen LogP contribution < -0.4 is 15.0 Å². The summed E-state index contributed by atoms with van der Waals surface area (Å²) in [5.41, 5.74) is 5.47. The molecule has 4 aromatic rings. The molecule has 2 aromatic carbocycles. The van der Waals surface area contributed by atoms with Crippen molar-refractivity contribution in [3.05, 3.63) is 108 Å². The van der Waals surface area contributed by atoms with E-state index in [4.69, 9.17) is 17.0 Å². The van der Waals surface area contributed by atoms with Crippen molar-refractivity contribution in [3.8, 4) is 11.4 Å². The number of para-hydroxylation sites is 1. The molecular weight excluding hydrogens is 428 g/mol. The number of nitrogens with zero attached hydrogens (tertiary/aromatic N) is 3. The zero-order chi connectivity index (χ0) is 22.8. The summed E-state index contributed by atoms with van der Waals surface area (Å²) in [4.78, 5) is 6.85. The summed E-state index contributed by atoms with van der Waals surface area (Å²) in [5.74, 6) is 0.848. The standard InChI is InChI=1S/C27H26N4OS/c1-3-32-21-15-13-20(14-16-21)31-26(25(29-27(31)33)22-10-6-7-17-28-22)24-12-8-18-30(24)23-11-5-4-9-19(23)2/h4-18,25-26H,3H2,1-2H3,(H,29,33)/t25-,26-/m0/s1. The van der Waals surface area contributed by atoms with Crippen LogP contribution in [-0.2, 0) is 0 Å². The first-order valence-electron chi connectivity index (χ1n) is 11.1.